The predicted octanol–water partition coefficient (Wildman–Crippen LogP) is 3.02. The van der Waals surface area contributed by atoms with E-state index < -0.39 is 0 Å². The highest BCUT2D eigenvalue weighted by Gasteiger charge is 2.05. The fraction of sp³-hybridized carbons (Fsp3) is 0.143. The smallest absolute Gasteiger partial charge is 0.190 e. The van der Waals surface area contributed by atoms with Gasteiger partial charge < -0.3 is 5.73 Å². The van der Waals surface area contributed by atoms with Gasteiger partial charge in [-0.1, -0.05) is 23.9 Å². The predicted molar refractivity (Wildman–Crippen MR) is 87.3 cm³/mol. The Morgan fingerprint density at radius 2 is 1.90 bits per heavy atom. The van der Waals surface area contributed by atoms with Crippen molar-refractivity contribution in [1.29, 1.82) is 0 Å². The first-order chi connectivity index (χ1) is 10.2. The number of hydrogen-bond donors (Lipinski definition) is 1. The topological polar surface area (TPSA) is 77.6 Å². The van der Waals surface area contributed by atoms with Gasteiger partial charge in [0.1, 0.15) is 10.8 Å². The average molecular weight is 315 g/mol. The number of nitrogens with zero attached hydrogens (tertiary/aromatic N) is 4. The van der Waals surface area contributed by atoms with Crippen LogP contribution in [0.3, 0.4) is 0 Å². The molecule has 2 aromatic heterocycles. The van der Waals surface area contributed by atoms with Crippen molar-refractivity contribution in [1.82, 2.24) is 19.9 Å². The van der Waals surface area contributed by atoms with Crippen LogP contribution in [-0.4, -0.2) is 26.2 Å². The van der Waals surface area contributed by atoms with E-state index in [1.54, 1.807) is 24.0 Å². The second-order valence-corrected chi connectivity index (χ2v) is 6.03. The molecular weight excluding hydrogens is 302 g/mol. The van der Waals surface area contributed by atoms with E-state index in [9.17, 15) is 0 Å². The van der Waals surface area contributed by atoms with Crippen molar-refractivity contribution in [3.8, 4) is 0 Å². The minimum Gasteiger partial charge on any atom is -0.384 e. The molecule has 0 aliphatic rings. The van der Waals surface area contributed by atoms with Gasteiger partial charge in [-0.2, -0.15) is 0 Å². The zero-order valence-electron chi connectivity index (χ0n) is 11.4. The van der Waals surface area contributed by atoms with Crippen LogP contribution in [-0.2, 0) is 5.75 Å². The minimum atomic E-state index is 0.487. The summed E-state index contributed by atoms with van der Waals surface area (Å²) in [6.45, 7) is 0. The first-order valence-electron chi connectivity index (χ1n) is 6.26. The van der Waals surface area contributed by atoms with Crippen molar-refractivity contribution < 1.29 is 0 Å². The normalized spacial score (nSPS) is 10.9. The molecule has 3 aromatic rings. The van der Waals surface area contributed by atoms with Crippen molar-refractivity contribution >= 4 is 40.4 Å². The third kappa shape index (κ3) is 3.43. The molecule has 0 spiro atoms. The molecule has 0 saturated heterocycles. The molecule has 106 valence electrons. The maximum atomic E-state index is 5.77. The summed E-state index contributed by atoms with van der Waals surface area (Å²) in [6.07, 6.45) is 3.75. The van der Waals surface area contributed by atoms with Crippen LogP contribution in [0.1, 0.15) is 5.69 Å². The van der Waals surface area contributed by atoms with E-state index in [1.807, 2.05) is 30.5 Å². The maximum Gasteiger partial charge on any atom is 0.190 e. The number of para-hydroxylation sites is 2. The summed E-state index contributed by atoms with van der Waals surface area (Å²) in [6, 6.07) is 9.59. The van der Waals surface area contributed by atoms with E-state index in [1.165, 1.54) is 11.8 Å². The molecule has 0 amide bonds. The van der Waals surface area contributed by atoms with E-state index >= 15 is 0 Å². The van der Waals surface area contributed by atoms with Crippen LogP contribution in [0.25, 0.3) is 11.0 Å². The Morgan fingerprint density at radius 1 is 1.10 bits per heavy atom. The lowest BCUT2D eigenvalue weighted by atomic mass is 10.3. The molecule has 1 aromatic carbocycles. The summed E-state index contributed by atoms with van der Waals surface area (Å²) in [4.78, 5) is 17.6. The lowest BCUT2D eigenvalue weighted by Gasteiger charge is -2.04. The van der Waals surface area contributed by atoms with Gasteiger partial charge in [-0.25, -0.2) is 15.0 Å². The number of nitrogens with two attached hydrogens (primary N) is 1. The summed E-state index contributed by atoms with van der Waals surface area (Å²) in [5.41, 5.74) is 8.47. The molecule has 0 radical (unpaired) electrons. The first kappa shape index (κ1) is 14.1. The van der Waals surface area contributed by atoms with E-state index in [2.05, 4.69) is 19.9 Å². The molecule has 0 aliphatic heterocycles. The van der Waals surface area contributed by atoms with Crippen LogP contribution in [0.15, 0.2) is 46.7 Å². The Morgan fingerprint density at radius 3 is 2.71 bits per heavy atom. The van der Waals surface area contributed by atoms with E-state index in [4.69, 9.17) is 5.73 Å². The van der Waals surface area contributed by atoms with Gasteiger partial charge in [0, 0.05) is 18.0 Å². The van der Waals surface area contributed by atoms with Gasteiger partial charge in [-0.15, -0.1) is 11.8 Å². The van der Waals surface area contributed by atoms with Gasteiger partial charge in [-0.05, 0) is 18.4 Å². The summed E-state index contributed by atoms with van der Waals surface area (Å²) in [5.74, 6) is 1.15. The molecule has 5 nitrogen and oxygen atoms in total. The SMILES string of the molecule is CSc1cc(N)nc(SCc2cnc3ccccc3n2)n1. The maximum absolute atomic E-state index is 5.77. The number of nitrogen functional groups attached to an aromatic ring is 1. The van der Waals surface area contributed by atoms with Crippen molar-refractivity contribution in [3.05, 3.63) is 42.2 Å². The monoisotopic (exact) mass is 315 g/mol. The largest absolute Gasteiger partial charge is 0.384 e. The third-order valence-corrected chi connectivity index (χ3v) is 4.27. The van der Waals surface area contributed by atoms with Gasteiger partial charge in [0.15, 0.2) is 5.16 Å². The van der Waals surface area contributed by atoms with Crippen LogP contribution in [0.4, 0.5) is 5.82 Å². The lowest BCUT2D eigenvalue weighted by Crippen LogP contribution is -1.97. The van der Waals surface area contributed by atoms with Crippen LogP contribution >= 0.6 is 23.5 Å². The number of benzene rings is 1. The third-order valence-electron chi connectivity index (χ3n) is 2.76. The molecule has 0 bridgehead atoms. The molecule has 0 aliphatic carbocycles. The summed E-state index contributed by atoms with van der Waals surface area (Å²) < 4.78 is 0. The van der Waals surface area contributed by atoms with Gasteiger partial charge >= 0.3 is 0 Å². The number of fused-ring (bicyclic) bond motifs is 1. The molecule has 2 heterocycles. The molecule has 0 atom stereocenters. The van der Waals surface area contributed by atoms with Gasteiger partial charge in [0.2, 0.25) is 0 Å². The minimum absolute atomic E-state index is 0.487. The Hall–Kier alpha value is -1.86. The number of hydrogen-bond acceptors (Lipinski definition) is 7. The summed E-state index contributed by atoms with van der Waals surface area (Å²) >= 11 is 3.06. The van der Waals surface area contributed by atoms with Crippen molar-refractivity contribution in [3.63, 3.8) is 0 Å². The Labute approximate surface area is 130 Å². The zero-order valence-corrected chi connectivity index (χ0v) is 13.0. The summed E-state index contributed by atoms with van der Waals surface area (Å²) in [5, 5.41) is 1.53. The van der Waals surface area contributed by atoms with E-state index in [-0.39, 0.29) is 0 Å². The molecule has 2 N–H and O–H groups in total. The fourth-order valence-electron chi connectivity index (χ4n) is 1.79. The lowest BCUT2D eigenvalue weighted by molar-refractivity contribution is 0.899. The van der Waals surface area contributed by atoms with Crippen molar-refractivity contribution in [2.75, 3.05) is 12.0 Å². The van der Waals surface area contributed by atoms with Crippen molar-refractivity contribution in [2.45, 2.75) is 15.9 Å². The highest BCUT2D eigenvalue weighted by Crippen LogP contribution is 2.23. The van der Waals surface area contributed by atoms with Crippen molar-refractivity contribution in [2.24, 2.45) is 0 Å². The molecule has 3 rings (SSSR count). The molecule has 0 saturated carbocycles. The highest BCUT2D eigenvalue weighted by atomic mass is 32.2. The van der Waals surface area contributed by atoms with E-state index in [0.717, 1.165) is 21.8 Å². The highest BCUT2D eigenvalue weighted by molar-refractivity contribution is 7.99. The van der Waals surface area contributed by atoms with Crippen LogP contribution in [0.2, 0.25) is 0 Å². The summed E-state index contributed by atoms with van der Waals surface area (Å²) in [7, 11) is 0. The molecule has 0 fully saturated rings. The first-order valence-corrected chi connectivity index (χ1v) is 8.47. The molecule has 0 unspecified atom stereocenters. The number of anilines is 1. The van der Waals surface area contributed by atoms with Gasteiger partial charge in [0.05, 0.1) is 16.7 Å². The standard InChI is InChI=1S/C14H13N5S2/c1-20-13-6-12(15)18-14(19-13)21-8-9-7-16-10-4-2-3-5-11(10)17-9/h2-7H,8H2,1H3,(H2,15,18,19). The second-order valence-electron chi connectivity index (χ2n) is 4.26. The average Bonchev–Trinajstić information content (AvgIpc) is 2.52. The molecular formula is C14H13N5S2. The van der Waals surface area contributed by atoms with Crippen LogP contribution in [0.5, 0.6) is 0 Å². The fourth-order valence-corrected chi connectivity index (χ4v) is 3.02. The van der Waals surface area contributed by atoms with E-state index in [0.29, 0.717) is 16.7 Å². The van der Waals surface area contributed by atoms with Gasteiger partial charge in [0.25, 0.3) is 0 Å². The van der Waals surface area contributed by atoms with Gasteiger partial charge in [-0.3, -0.25) is 4.98 Å². The Balaban J connectivity index is 1.78. The quantitative estimate of drug-likeness (QED) is 0.450. The number of rotatable bonds is 4. The number of thioether (sulfide) groups is 2. The molecule has 7 heteroatoms. The second kappa shape index (κ2) is 6.28. The Bertz CT molecular complexity index is 778. The Kier molecular flexibility index (Phi) is 4.21. The van der Waals surface area contributed by atoms with Crippen LogP contribution < -0.4 is 5.73 Å². The molecule has 21 heavy (non-hydrogen) atoms. The van der Waals surface area contributed by atoms with Crippen LogP contribution in [0, 0.1) is 0 Å². The number of aromatic nitrogens is 4. The zero-order chi connectivity index (χ0) is 14.7.